The van der Waals surface area contributed by atoms with Gasteiger partial charge in [-0.1, -0.05) is 63.3 Å². The molecule has 0 aromatic heterocycles. The lowest BCUT2D eigenvalue weighted by Gasteiger charge is -2.23. The molecule has 1 aliphatic heterocycles. The van der Waals surface area contributed by atoms with Gasteiger partial charge in [0, 0.05) is 19.3 Å². The van der Waals surface area contributed by atoms with Crippen molar-refractivity contribution in [3.8, 4) is 0 Å². The Hall–Kier alpha value is -1.50. The molecule has 1 aromatic rings. The number of allylic oxidation sites excluding steroid dienone is 2. The normalized spacial score (nSPS) is 14.2. The van der Waals surface area contributed by atoms with E-state index in [1.165, 1.54) is 11.3 Å². The van der Waals surface area contributed by atoms with E-state index < -0.39 is 0 Å². The summed E-state index contributed by atoms with van der Waals surface area (Å²) in [5, 5.41) is 0. The van der Waals surface area contributed by atoms with Crippen molar-refractivity contribution in [3.63, 3.8) is 0 Å². The number of hydrogen-bond acceptors (Lipinski definition) is 1. The van der Waals surface area contributed by atoms with Crippen LogP contribution in [-0.2, 0) is 0 Å². The van der Waals surface area contributed by atoms with Gasteiger partial charge < -0.3 is 4.90 Å². The van der Waals surface area contributed by atoms with Gasteiger partial charge in [0.25, 0.3) is 0 Å². The molecule has 0 N–H and O–H groups in total. The summed E-state index contributed by atoms with van der Waals surface area (Å²) in [5.41, 5.74) is 2.58. The van der Waals surface area contributed by atoms with Crippen molar-refractivity contribution in [1.82, 2.24) is 4.90 Å². The molecule has 0 atom stereocenters. The van der Waals surface area contributed by atoms with Crippen LogP contribution in [0.1, 0.15) is 26.3 Å². The molecule has 0 unspecified atom stereocenters. The minimum Gasteiger partial charge on any atom is -0.370 e. The standard InChI is InChI=1S/C12H13N.C4H10/c1-13-10-6-5-9-12(13)11-7-3-2-4-8-11;1-4(2)3/h2-9H,10H2,1H3;4H,1-3H3. The molecule has 0 amide bonds. The molecule has 0 saturated carbocycles. The number of benzene rings is 1. The Kier molecular flexibility index (Phi) is 5.55. The summed E-state index contributed by atoms with van der Waals surface area (Å²) >= 11 is 0. The minimum absolute atomic E-state index is 0.833. The molecule has 1 aromatic carbocycles. The largest absolute Gasteiger partial charge is 0.370 e. The highest BCUT2D eigenvalue weighted by Crippen LogP contribution is 2.19. The van der Waals surface area contributed by atoms with Gasteiger partial charge in [-0.25, -0.2) is 0 Å². The van der Waals surface area contributed by atoms with Gasteiger partial charge in [0.2, 0.25) is 0 Å². The first-order valence-corrected chi connectivity index (χ1v) is 6.24. The molecular weight excluding hydrogens is 206 g/mol. The third-order valence-electron chi connectivity index (χ3n) is 2.25. The maximum atomic E-state index is 2.25. The number of rotatable bonds is 1. The molecule has 1 heterocycles. The molecular formula is C16H23N. The fraction of sp³-hybridized carbons (Fsp3) is 0.375. The molecule has 0 spiro atoms. The monoisotopic (exact) mass is 229 g/mol. The van der Waals surface area contributed by atoms with Crippen LogP contribution < -0.4 is 0 Å². The van der Waals surface area contributed by atoms with Gasteiger partial charge in [0.15, 0.2) is 0 Å². The molecule has 0 saturated heterocycles. The van der Waals surface area contributed by atoms with Crippen molar-refractivity contribution in [2.24, 2.45) is 5.92 Å². The van der Waals surface area contributed by atoms with E-state index in [1.54, 1.807) is 0 Å². The van der Waals surface area contributed by atoms with E-state index in [1.807, 2.05) is 6.07 Å². The smallest absolute Gasteiger partial charge is 0.0439 e. The van der Waals surface area contributed by atoms with Crippen LogP contribution in [0.4, 0.5) is 0 Å². The van der Waals surface area contributed by atoms with E-state index >= 15 is 0 Å². The van der Waals surface area contributed by atoms with Crippen molar-refractivity contribution < 1.29 is 0 Å². The maximum absolute atomic E-state index is 2.25. The van der Waals surface area contributed by atoms with Crippen LogP contribution in [0.5, 0.6) is 0 Å². The summed E-state index contributed by atoms with van der Waals surface area (Å²) in [6.45, 7) is 7.50. The Morgan fingerprint density at radius 3 is 2.18 bits per heavy atom. The number of nitrogens with zero attached hydrogens (tertiary/aromatic N) is 1. The topological polar surface area (TPSA) is 3.24 Å². The van der Waals surface area contributed by atoms with Gasteiger partial charge in [0.1, 0.15) is 0 Å². The van der Waals surface area contributed by atoms with Crippen molar-refractivity contribution in [2.45, 2.75) is 20.8 Å². The van der Waals surface area contributed by atoms with Crippen LogP contribution in [0.15, 0.2) is 48.6 Å². The average molecular weight is 229 g/mol. The first-order valence-electron chi connectivity index (χ1n) is 6.24. The molecule has 0 aliphatic carbocycles. The van der Waals surface area contributed by atoms with E-state index in [-0.39, 0.29) is 0 Å². The lowest BCUT2D eigenvalue weighted by molar-refractivity contribution is 0.531. The zero-order chi connectivity index (χ0) is 12.7. The van der Waals surface area contributed by atoms with E-state index in [0.29, 0.717) is 0 Å². The molecule has 1 aliphatic rings. The molecule has 1 nitrogen and oxygen atoms in total. The Morgan fingerprint density at radius 1 is 1.06 bits per heavy atom. The molecule has 92 valence electrons. The predicted octanol–water partition coefficient (Wildman–Crippen LogP) is 4.19. The van der Waals surface area contributed by atoms with Gasteiger partial charge in [-0.05, 0) is 17.6 Å². The molecule has 0 radical (unpaired) electrons. The molecule has 1 heteroatoms. The second-order valence-corrected chi connectivity index (χ2v) is 4.96. The highest BCUT2D eigenvalue weighted by Gasteiger charge is 2.06. The van der Waals surface area contributed by atoms with Crippen LogP contribution in [0.25, 0.3) is 5.70 Å². The highest BCUT2D eigenvalue weighted by molar-refractivity contribution is 5.66. The van der Waals surface area contributed by atoms with Crippen molar-refractivity contribution in [2.75, 3.05) is 13.6 Å². The second-order valence-electron chi connectivity index (χ2n) is 4.96. The maximum Gasteiger partial charge on any atom is 0.0439 e. The lowest BCUT2D eigenvalue weighted by atomic mass is 10.1. The third kappa shape index (κ3) is 4.90. The van der Waals surface area contributed by atoms with Crippen LogP contribution in [0.3, 0.4) is 0 Å². The van der Waals surface area contributed by atoms with Crippen LogP contribution in [0.2, 0.25) is 0 Å². The van der Waals surface area contributed by atoms with E-state index in [9.17, 15) is 0 Å². The summed E-state index contributed by atoms with van der Waals surface area (Å²) in [7, 11) is 2.11. The Labute approximate surface area is 105 Å². The van der Waals surface area contributed by atoms with Crippen LogP contribution >= 0.6 is 0 Å². The second kappa shape index (κ2) is 6.95. The Bertz CT molecular complexity index is 371. The molecule has 0 fully saturated rings. The first kappa shape index (κ1) is 13.6. The fourth-order valence-corrected chi connectivity index (χ4v) is 1.53. The minimum atomic E-state index is 0.833. The van der Waals surface area contributed by atoms with Crippen molar-refractivity contribution >= 4 is 5.70 Å². The lowest BCUT2D eigenvalue weighted by Crippen LogP contribution is -2.18. The highest BCUT2D eigenvalue weighted by atomic mass is 15.1. The van der Waals surface area contributed by atoms with Gasteiger partial charge >= 0.3 is 0 Å². The zero-order valence-corrected chi connectivity index (χ0v) is 11.4. The van der Waals surface area contributed by atoms with Gasteiger partial charge in [-0.2, -0.15) is 0 Å². The van der Waals surface area contributed by atoms with Crippen LogP contribution in [-0.4, -0.2) is 18.5 Å². The summed E-state index contributed by atoms with van der Waals surface area (Å²) in [6.07, 6.45) is 6.42. The number of likely N-dealkylation sites (N-methyl/N-ethyl adjacent to an activating group) is 1. The first-order chi connectivity index (χ1) is 8.11. The van der Waals surface area contributed by atoms with E-state index in [0.717, 1.165) is 12.5 Å². The summed E-state index contributed by atoms with van der Waals surface area (Å²) < 4.78 is 0. The Morgan fingerprint density at radius 2 is 1.65 bits per heavy atom. The Balaban J connectivity index is 0.000000317. The summed E-state index contributed by atoms with van der Waals surface area (Å²) in [4.78, 5) is 2.25. The van der Waals surface area contributed by atoms with E-state index in [4.69, 9.17) is 0 Å². The molecule has 0 bridgehead atoms. The average Bonchev–Trinajstić information content (AvgIpc) is 2.30. The van der Waals surface area contributed by atoms with Gasteiger partial charge in [0.05, 0.1) is 0 Å². The predicted molar refractivity (Wildman–Crippen MR) is 76.7 cm³/mol. The SMILES string of the molecule is CC(C)C.CN1CC=CC=C1c1ccccc1. The summed E-state index contributed by atoms with van der Waals surface area (Å²) in [5.74, 6) is 0.833. The number of hydrogen-bond donors (Lipinski definition) is 0. The van der Waals surface area contributed by atoms with Gasteiger partial charge in [-0.15, -0.1) is 0 Å². The molecule has 17 heavy (non-hydrogen) atoms. The summed E-state index contributed by atoms with van der Waals surface area (Å²) in [6, 6.07) is 10.5. The quantitative estimate of drug-likeness (QED) is 0.698. The zero-order valence-electron chi connectivity index (χ0n) is 11.4. The molecule has 2 rings (SSSR count). The third-order valence-corrected chi connectivity index (χ3v) is 2.25. The van der Waals surface area contributed by atoms with E-state index in [2.05, 4.69) is 75.2 Å². The fourth-order valence-electron chi connectivity index (χ4n) is 1.53. The van der Waals surface area contributed by atoms with Crippen molar-refractivity contribution in [1.29, 1.82) is 0 Å². The van der Waals surface area contributed by atoms with Crippen LogP contribution in [0, 0.1) is 5.92 Å². The van der Waals surface area contributed by atoms with Gasteiger partial charge in [-0.3, -0.25) is 0 Å². The van der Waals surface area contributed by atoms with Crippen molar-refractivity contribution in [3.05, 3.63) is 54.1 Å².